The molecule has 0 bridgehead atoms. The maximum absolute atomic E-state index is 10.2. The normalized spacial score (nSPS) is 12.6. The minimum atomic E-state index is -0.195. The van der Waals surface area contributed by atoms with Gasteiger partial charge in [-0.05, 0) is 30.3 Å². The number of likely N-dealkylation sites (N-methyl/N-ethyl adjacent to an activating group) is 1. The van der Waals surface area contributed by atoms with Crippen LogP contribution in [-0.4, -0.2) is 31.6 Å². The van der Waals surface area contributed by atoms with E-state index >= 15 is 0 Å². The number of phenolic OH excluding ortho intramolecular Hbond substituents is 1. The highest BCUT2D eigenvalue weighted by atomic mass is 35.5. The van der Waals surface area contributed by atoms with Gasteiger partial charge in [0.15, 0.2) is 5.75 Å². The minimum absolute atomic E-state index is 0.0830. The van der Waals surface area contributed by atoms with Crippen LogP contribution in [0.5, 0.6) is 11.5 Å². The van der Waals surface area contributed by atoms with E-state index in [1.54, 1.807) is 0 Å². The van der Waals surface area contributed by atoms with Crippen LogP contribution >= 0.6 is 23.2 Å². The third-order valence-electron chi connectivity index (χ3n) is 3.25. The second-order valence-corrected chi connectivity index (χ2v) is 5.76. The number of carbonyl (C=O) groups excluding carboxylic acids is 1. The van der Waals surface area contributed by atoms with Crippen LogP contribution in [0.2, 0.25) is 10.0 Å². The molecular weight excluding hydrogens is 339 g/mol. The van der Waals surface area contributed by atoms with Gasteiger partial charge in [0.05, 0.1) is 22.3 Å². The number of benzene rings is 2. The smallest absolute Gasteiger partial charge is 0.152 e. The zero-order valence-corrected chi connectivity index (χ0v) is 13.9. The van der Waals surface area contributed by atoms with Gasteiger partial charge in [0.2, 0.25) is 0 Å². The summed E-state index contributed by atoms with van der Waals surface area (Å²) in [5, 5.41) is 9.21. The number of carbonyl (C=O) groups is 1. The molecule has 0 spiro atoms. The van der Waals surface area contributed by atoms with Gasteiger partial charge in [-0.15, -0.1) is 0 Å². The number of fused-ring (bicyclic) bond motifs is 1. The summed E-state index contributed by atoms with van der Waals surface area (Å²) in [5.74, 6) is 0.733. The first-order chi connectivity index (χ1) is 10.9. The number of ether oxygens (including phenoxy) is 1. The summed E-state index contributed by atoms with van der Waals surface area (Å²) in [6.07, 6.45) is 0.608. The highest BCUT2D eigenvalue weighted by Crippen LogP contribution is 2.32. The Kier molecular flexibility index (Phi) is 5.58. The molecule has 0 radical (unpaired) electrons. The largest absolute Gasteiger partial charge is 0.505 e. The Hall–Kier alpha value is -2.11. The molecule has 0 saturated heterocycles. The Morgan fingerprint density at radius 1 is 1.26 bits per heavy atom. The standard InChI is InChI=1S/C9H12N2O.C7H4Cl2O2/c1-11-4-5-12-9-3-2-7(10)6-8(9)11;8-5-1-4(3-10)2-6(9)7(5)11/h2-3,6H,4-5,10H2,1H3;1-3,11H. The molecule has 0 unspecified atom stereocenters. The maximum atomic E-state index is 10.2. The predicted octanol–water partition coefficient (Wildman–Crippen LogP) is 3.61. The number of rotatable bonds is 1. The Labute approximate surface area is 144 Å². The summed E-state index contributed by atoms with van der Waals surface area (Å²) < 4.78 is 5.45. The lowest BCUT2D eigenvalue weighted by atomic mass is 10.2. The van der Waals surface area contributed by atoms with E-state index in [9.17, 15) is 4.79 Å². The number of hydrogen-bond acceptors (Lipinski definition) is 5. The third-order valence-corrected chi connectivity index (χ3v) is 3.83. The SMILES string of the molecule is CN1CCOc2ccc(N)cc21.O=Cc1cc(Cl)c(O)c(Cl)c1. The van der Waals surface area contributed by atoms with Crippen LogP contribution in [0, 0.1) is 0 Å². The molecule has 0 fully saturated rings. The fraction of sp³-hybridized carbons (Fsp3) is 0.188. The fourth-order valence-corrected chi connectivity index (χ4v) is 2.52. The van der Waals surface area contributed by atoms with Crippen molar-refractivity contribution in [3.8, 4) is 11.5 Å². The number of phenols is 1. The molecule has 3 rings (SSSR count). The Bertz CT molecular complexity index is 699. The van der Waals surface area contributed by atoms with Gasteiger partial charge in [-0.2, -0.15) is 0 Å². The van der Waals surface area contributed by atoms with Crippen LogP contribution in [-0.2, 0) is 0 Å². The number of anilines is 2. The molecule has 1 aliphatic heterocycles. The highest BCUT2D eigenvalue weighted by Gasteiger charge is 2.13. The number of nitrogens with two attached hydrogens (primary N) is 1. The minimum Gasteiger partial charge on any atom is -0.505 e. The molecule has 1 heterocycles. The summed E-state index contributed by atoms with van der Waals surface area (Å²) in [7, 11) is 2.04. The zero-order chi connectivity index (χ0) is 17.0. The van der Waals surface area contributed by atoms with Crippen molar-refractivity contribution >= 4 is 40.9 Å². The van der Waals surface area contributed by atoms with Crippen molar-refractivity contribution in [2.75, 3.05) is 30.8 Å². The predicted molar refractivity (Wildman–Crippen MR) is 93.1 cm³/mol. The molecule has 122 valence electrons. The molecule has 2 aromatic carbocycles. The van der Waals surface area contributed by atoms with Gasteiger partial charge in [0, 0.05) is 18.3 Å². The van der Waals surface area contributed by atoms with E-state index < -0.39 is 0 Å². The first-order valence-electron chi connectivity index (χ1n) is 6.79. The lowest BCUT2D eigenvalue weighted by Crippen LogP contribution is -2.28. The van der Waals surface area contributed by atoms with Crippen molar-refractivity contribution in [3.63, 3.8) is 0 Å². The first-order valence-corrected chi connectivity index (χ1v) is 7.54. The second kappa shape index (κ2) is 7.44. The molecule has 3 N–H and O–H groups in total. The zero-order valence-electron chi connectivity index (χ0n) is 12.4. The van der Waals surface area contributed by atoms with Gasteiger partial charge in [0.1, 0.15) is 18.6 Å². The molecule has 1 aliphatic rings. The lowest BCUT2D eigenvalue weighted by Gasteiger charge is -2.27. The fourth-order valence-electron chi connectivity index (χ4n) is 2.02. The van der Waals surface area contributed by atoms with Crippen molar-refractivity contribution in [3.05, 3.63) is 45.9 Å². The van der Waals surface area contributed by atoms with E-state index in [2.05, 4.69) is 4.90 Å². The van der Waals surface area contributed by atoms with Crippen LogP contribution in [0.1, 0.15) is 10.4 Å². The first kappa shape index (κ1) is 17.2. The maximum Gasteiger partial charge on any atom is 0.152 e. The van der Waals surface area contributed by atoms with Crippen LogP contribution in [0.25, 0.3) is 0 Å². The number of nitrogens with zero attached hydrogens (tertiary/aromatic N) is 1. The van der Waals surface area contributed by atoms with Crippen molar-refractivity contribution in [2.24, 2.45) is 0 Å². The molecule has 2 aromatic rings. The Morgan fingerprint density at radius 3 is 2.52 bits per heavy atom. The van der Waals surface area contributed by atoms with Crippen molar-refractivity contribution < 1.29 is 14.6 Å². The number of nitrogen functional groups attached to an aromatic ring is 1. The summed E-state index contributed by atoms with van der Waals surface area (Å²) in [6.45, 7) is 1.68. The van der Waals surface area contributed by atoms with E-state index in [0.717, 1.165) is 30.3 Å². The monoisotopic (exact) mass is 354 g/mol. The summed E-state index contributed by atoms with van der Waals surface area (Å²) in [5.41, 5.74) is 7.87. The van der Waals surface area contributed by atoms with E-state index in [1.165, 1.54) is 12.1 Å². The van der Waals surface area contributed by atoms with Crippen molar-refractivity contribution in [1.82, 2.24) is 0 Å². The molecule has 0 aliphatic carbocycles. The highest BCUT2D eigenvalue weighted by molar-refractivity contribution is 6.37. The van der Waals surface area contributed by atoms with Crippen LogP contribution < -0.4 is 15.4 Å². The van der Waals surface area contributed by atoms with Crippen LogP contribution in [0.4, 0.5) is 11.4 Å². The molecular formula is C16H16Cl2N2O3. The molecule has 5 nitrogen and oxygen atoms in total. The lowest BCUT2D eigenvalue weighted by molar-refractivity contribution is 0.112. The van der Waals surface area contributed by atoms with Crippen LogP contribution in [0.15, 0.2) is 30.3 Å². The van der Waals surface area contributed by atoms with E-state index in [4.69, 9.17) is 38.8 Å². The molecule has 23 heavy (non-hydrogen) atoms. The van der Waals surface area contributed by atoms with E-state index in [1.807, 2.05) is 25.2 Å². The quantitative estimate of drug-likeness (QED) is 0.604. The van der Waals surface area contributed by atoms with Crippen molar-refractivity contribution in [2.45, 2.75) is 0 Å². The number of aldehydes is 1. The molecule has 0 atom stereocenters. The topological polar surface area (TPSA) is 75.8 Å². The molecule has 0 saturated carbocycles. The molecule has 0 amide bonds. The number of halogens is 2. The van der Waals surface area contributed by atoms with Gasteiger partial charge >= 0.3 is 0 Å². The van der Waals surface area contributed by atoms with Crippen molar-refractivity contribution in [1.29, 1.82) is 0 Å². The molecule has 7 heteroatoms. The van der Waals surface area contributed by atoms with E-state index in [-0.39, 0.29) is 15.8 Å². The third kappa shape index (κ3) is 4.21. The van der Waals surface area contributed by atoms with Gasteiger partial charge in [-0.3, -0.25) is 4.79 Å². The Morgan fingerprint density at radius 2 is 1.91 bits per heavy atom. The summed E-state index contributed by atoms with van der Waals surface area (Å²) in [6, 6.07) is 8.40. The average molecular weight is 355 g/mol. The second-order valence-electron chi connectivity index (χ2n) is 4.95. The van der Waals surface area contributed by atoms with Gasteiger partial charge in [-0.1, -0.05) is 23.2 Å². The van der Waals surface area contributed by atoms with Crippen LogP contribution in [0.3, 0.4) is 0 Å². The van der Waals surface area contributed by atoms with Gasteiger partial charge in [-0.25, -0.2) is 0 Å². The van der Waals surface area contributed by atoms with Gasteiger partial charge < -0.3 is 20.5 Å². The van der Waals surface area contributed by atoms with Gasteiger partial charge in [0.25, 0.3) is 0 Å². The number of aromatic hydroxyl groups is 1. The molecule has 0 aromatic heterocycles. The summed E-state index contributed by atoms with van der Waals surface area (Å²) in [4.78, 5) is 12.4. The Balaban J connectivity index is 0.000000168. The average Bonchev–Trinajstić information content (AvgIpc) is 2.53. The summed E-state index contributed by atoms with van der Waals surface area (Å²) >= 11 is 11.0. The van der Waals surface area contributed by atoms with E-state index in [0.29, 0.717) is 11.8 Å². The number of hydrogen-bond donors (Lipinski definition) is 2.